The first-order chi connectivity index (χ1) is 13.6. The highest BCUT2D eigenvalue weighted by Gasteiger charge is 2.05. The van der Waals surface area contributed by atoms with Crippen molar-refractivity contribution in [3.8, 4) is 12.1 Å². The maximum absolute atomic E-state index is 9.52. The van der Waals surface area contributed by atoms with Crippen LogP contribution in [-0.2, 0) is 0 Å². The van der Waals surface area contributed by atoms with Gasteiger partial charge in [0.25, 0.3) is 0 Å². The highest BCUT2D eigenvalue weighted by Crippen LogP contribution is 2.23. The SMILES string of the molecule is N#CC(=Cc1ccc(Cl)cc1)c1ccc(C(C#N)=Cc2ccc(Cl)cc2)cc1. The number of hydrogen-bond acceptors (Lipinski definition) is 2. The van der Waals surface area contributed by atoms with Crippen molar-refractivity contribution in [3.05, 3.63) is 105 Å². The van der Waals surface area contributed by atoms with Gasteiger partial charge in [-0.05, 0) is 58.7 Å². The van der Waals surface area contributed by atoms with Crippen LogP contribution >= 0.6 is 23.2 Å². The van der Waals surface area contributed by atoms with Gasteiger partial charge in [0, 0.05) is 10.0 Å². The normalized spacial score (nSPS) is 11.6. The van der Waals surface area contributed by atoms with E-state index in [-0.39, 0.29) is 0 Å². The van der Waals surface area contributed by atoms with Gasteiger partial charge in [-0.15, -0.1) is 0 Å². The van der Waals surface area contributed by atoms with Gasteiger partial charge in [0.1, 0.15) is 0 Å². The predicted octanol–water partition coefficient (Wildman–Crippen LogP) is 7.12. The lowest BCUT2D eigenvalue weighted by molar-refractivity contribution is 1.50. The maximum Gasteiger partial charge on any atom is 0.0998 e. The summed E-state index contributed by atoms with van der Waals surface area (Å²) < 4.78 is 0. The van der Waals surface area contributed by atoms with Crippen molar-refractivity contribution < 1.29 is 0 Å². The average Bonchev–Trinajstić information content (AvgIpc) is 2.73. The number of halogens is 2. The molecule has 0 atom stereocenters. The molecule has 0 aliphatic rings. The van der Waals surface area contributed by atoms with E-state index in [2.05, 4.69) is 12.1 Å². The van der Waals surface area contributed by atoms with Crippen molar-refractivity contribution in [1.82, 2.24) is 0 Å². The van der Waals surface area contributed by atoms with E-state index in [1.54, 1.807) is 36.4 Å². The number of hydrogen-bond donors (Lipinski definition) is 0. The Kier molecular flexibility index (Phi) is 6.30. The average molecular weight is 401 g/mol. The highest BCUT2D eigenvalue weighted by molar-refractivity contribution is 6.30. The fourth-order valence-corrected chi connectivity index (χ4v) is 2.89. The minimum Gasteiger partial charge on any atom is -0.192 e. The Labute approximate surface area is 174 Å². The third kappa shape index (κ3) is 4.90. The molecule has 4 heteroatoms. The van der Waals surface area contributed by atoms with E-state index in [4.69, 9.17) is 23.2 Å². The van der Waals surface area contributed by atoms with E-state index in [1.807, 2.05) is 48.5 Å². The van der Waals surface area contributed by atoms with Crippen LogP contribution in [0.15, 0.2) is 72.8 Å². The van der Waals surface area contributed by atoms with Crippen LogP contribution in [0.25, 0.3) is 23.3 Å². The molecule has 0 unspecified atom stereocenters. The number of nitriles is 2. The second-order valence-corrected chi connectivity index (χ2v) is 6.89. The Morgan fingerprint density at radius 2 is 0.893 bits per heavy atom. The fraction of sp³-hybridized carbons (Fsp3) is 0. The fourth-order valence-electron chi connectivity index (χ4n) is 2.64. The molecule has 0 spiro atoms. The number of benzene rings is 3. The van der Waals surface area contributed by atoms with Gasteiger partial charge in [-0.3, -0.25) is 0 Å². The lowest BCUT2D eigenvalue weighted by Crippen LogP contribution is -1.86. The molecule has 0 radical (unpaired) electrons. The molecule has 134 valence electrons. The predicted molar refractivity (Wildman–Crippen MR) is 116 cm³/mol. The topological polar surface area (TPSA) is 47.6 Å². The molecule has 0 bridgehead atoms. The first kappa shape index (κ1) is 19.5. The van der Waals surface area contributed by atoms with Gasteiger partial charge in [0.15, 0.2) is 0 Å². The zero-order chi connectivity index (χ0) is 19.9. The van der Waals surface area contributed by atoms with E-state index < -0.39 is 0 Å². The Morgan fingerprint density at radius 3 is 1.18 bits per heavy atom. The van der Waals surface area contributed by atoms with Gasteiger partial charge in [-0.25, -0.2) is 0 Å². The minimum absolute atomic E-state index is 0.536. The second-order valence-electron chi connectivity index (χ2n) is 6.02. The largest absolute Gasteiger partial charge is 0.192 e. The summed E-state index contributed by atoms with van der Waals surface area (Å²) in [4.78, 5) is 0. The molecule has 3 aromatic rings. The molecule has 0 aliphatic carbocycles. The Bertz CT molecular complexity index is 1020. The minimum atomic E-state index is 0.536. The summed E-state index contributed by atoms with van der Waals surface area (Å²) in [5, 5.41) is 20.3. The van der Waals surface area contributed by atoms with Gasteiger partial charge in [-0.2, -0.15) is 10.5 Å². The van der Waals surface area contributed by atoms with Crippen LogP contribution < -0.4 is 0 Å². The third-order valence-electron chi connectivity index (χ3n) is 4.11. The number of rotatable bonds is 4. The van der Waals surface area contributed by atoms with Gasteiger partial charge in [-0.1, -0.05) is 71.7 Å². The van der Waals surface area contributed by atoms with Crippen molar-refractivity contribution in [2.75, 3.05) is 0 Å². The molecule has 2 nitrogen and oxygen atoms in total. The second kappa shape index (κ2) is 9.07. The van der Waals surface area contributed by atoms with Crippen LogP contribution in [0.1, 0.15) is 22.3 Å². The molecule has 0 heterocycles. The van der Waals surface area contributed by atoms with E-state index >= 15 is 0 Å². The monoisotopic (exact) mass is 400 g/mol. The van der Waals surface area contributed by atoms with Crippen molar-refractivity contribution in [1.29, 1.82) is 10.5 Å². The smallest absolute Gasteiger partial charge is 0.0998 e. The van der Waals surface area contributed by atoms with Crippen LogP contribution in [0.2, 0.25) is 10.0 Å². The zero-order valence-corrected chi connectivity index (χ0v) is 16.2. The molecular formula is C24H14Cl2N2. The Balaban J connectivity index is 1.89. The van der Waals surface area contributed by atoms with Crippen molar-refractivity contribution in [2.45, 2.75) is 0 Å². The van der Waals surface area contributed by atoms with Crippen LogP contribution in [-0.4, -0.2) is 0 Å². The van der Waals surface area contributed by atoms with Crippen molar-refractivity contribution in [2.24, 2.45) is 0 Å². The summed E-state index contributed by atoms with van der Waals surface area (Å²) >= 11 is 11.8. The van der Waals surface area contributed by atoms with E-state index in [9.17, 15) is 10.5 Å². The highest BCUT2D eigenvalue weighted by atomic mass is 35.5. The van der Waals surface area contributed by atoms with Crippen molar-refractivity contribution in [3.63, 3.8) is 0 Å². The van der Waals surface area contributed by atoms with Crippen molar-refractivity contribution >= 4 is 46.5 Å². The summed E-state index contributed by atoms with van der Waals surface area (Å²) in [7, 11) is 0. The molecule has 0 aromatic heterocycles. The van der Waals surface area contributed by atoms with Gasteiger partial charge < -0.3 is 0 Å². The quantitative estimate of drug-likeness (QED) is 0.345. The molecule has 0 saturated carbocycles. The van der Waals surface area contributed by atoms with Crippen LogP contribution in [0.5, 0.6) is 0 Å². The van der Waals surface area contributed by atoms with Gasteiger partial charge in [0.05, 0.1) is 23.3 Å². The molecule has 0 fully saturated rings. The lowest BCUT2D eigenvalue weighted by atomic mass is 9.99. The van der Waals surface area contributed by atoms with Gasteiger partial charge in [0.2, 0.25) is 0 Å². The standard InChI is InChI=1S/C24H14Cl2N2/c25-23-9-1-17(2-10-23)13-21(15-27)19-5-7-20(8-6-19)22(16-28)14-18-3-11-24(26)12-4-18/h1-14H. The van der Waals surface area contributed by atoms with Crippen LogP contribution in [0, 0.1) is 22.7 Å². The molecule has 28 heavy (non-hydrogen) atoms. The molecule has 3 aromatic carbocycles. The summed E-state index contributed by atoms with van der Waals surface area (Å²) in [6.07, 6.45) is 3.61. The lowest BCUT2D eigenvalue weighted by Gasteiger charge is -2.04. The molecule has 0 amide bonds. The molecular weight excluding hydrogens is 387 g/mol. The summed E-state index contributed by atoms with van der Waals surface area (Å²) in [5.74, 6) is 0. The number of allylic oxidation sites excluding steroid dienone is 2. The summed E-state index contributed by atoms with van der Waals surface area (Å²) in [6.45, 7) is 0. The third-order valence-corrected chi connectivity index (χ3v) is 4.61. The van der Waals surface area contributed by atoms with Gasteiger partial charge >= 0.3 is 0 Å². The van der Waals surface area contributed by atoms with E-state index in [0.717, 1.165) is 22.3 Å². The summed E-state index contributed by atoms with van der Waals surface area (Å²) in [5.41, 5.74) is 4.42. The molecule has 0 N–H and O–H groups in total. The molecule has 0 saturated heterocycles. The first-order valence-corrected chi connectivity index (χ1v) is 9.20. The maximum atomic E-state index is 9.52. The first-order valence-electron chi connectivity index (χ1n) is 8.44. The van der Waals surface area contributed by atoms with Crippen LogP contribution in [0.4, 0.5) is 0 Å². The Morgan fingerprint density at radius 1 is 0.571 bits per heavy atom. The zero-order valence-electron chi connectivity index (χ0n) is 14.7. The Hall–Kier alpha value is -3.30. The van der Waals surface area contributed by atoms with E-state index in [1.165, 1.54) is 0 Å². The molecule has 3 rings (SSSR count). The number of nitrogens with zero attached hydrogens (tertiary/aromatic N) is 2. The molecule has 0 aliphatic heterocycles. The van der Waals surface area contributed by atoms with Crippen LogP contribution in [0.3, 0.4) is 0 Å². The summed E-state index contributed by atoms with van der Waals surface area (Å²) in [6, 6.07) is 26.4. The van der Waals surface area contributed by atoms with E-state index in [0.29, 0.717) is 21.2 Å².